The highest BCUT2D eigenvalue weighted by Gasteiger charge is 2.19. The Morgan fingerprint density at radius 2 is 0.907 bits per heavy atom. The van der Waals surface area contributed by atoms with Crippen molar-refractivity contribution in [1.82, 2.24) is 0 Å². The third-order valence-electron chi connectivity index (χ3n) is 7.01. The molecule has 0 fully saturated rings. The van der Waals surface area contributed by atoms with Crippen LogP contribution in [0.1, 0.15) is 128 Å². The average molecular weight is 589 g/mol. The number of rotatable bonds is 18. The molecule has 0 aliphatic rings. The van der Waals surface area contributed by atoms with E-state index >= 15 is 0 Å². The number of ether oxygens (including phenoxy) is 2. The van der Waals surface area contributed by atoms with Gasteiger partial charge in [-0.25, -0.2) is 9.59 Å². The lowest BCUT2D eigenvalue weighted by atomic mass is 10.0. The van der Waals surface area contributed by atoms with Crippen molar-refractivity contribution in [3.8, 4) is 5.75 Å². The van der Waals surface area contributed by atoms with Crippen molar-refractivity contribution in [2.45, 2.75) is 90.9 Å². The summed E-state index contributed by atoms with van der Waals surface area (Å²) in [5.41, 5.74) is 1.51. The average Bonchev–Trinajstić information content (AvgIpc) is 3.04. The summed E-state index contributed by atoms with van der Waals surface area (Å²) in [6.07, 6.45) is 13.6. The van der Waals surface area contributed by atoms with Gasteiger partial charge in [0, 0.05) is 5.56 Å². The van der Waals surface area contributed by atoms with Gasteiger partial charge in [-0.05, 0) is 37.1 Å². The molecule has 0 spiro atoms. The minimum absolute atomic E-state index is 0.0198. The number of para-hydroxylation sites is 1. The molecule has 1 N–H and O–H groups in total. The molecule has 3 rings (SSSR count). The molecule has 0 saturated carbocycles. The van der Waals surface area contributed by atoms with E-state index in [2.05, 4.69) is 13.8 Å². The quantitative estimate of drug-likeness (QED) is 0.0904. The number of unbranched alkanes of at least 4 members (excludes halogenated alkanes) is 10. The monoisotopic (exact) mass is 588 g/mol. The Bertz CT molecular complexity index is 1170. The summed E-state index contributed by atoms with van der Waals surface area (Å²) in [7, 11) is 0. The summed E-state index contributed by atoms with van der Waals surface area (Å²) >= 11 is 0. The summed E-state index contributed by atoms with van der Waals surface area (Å²) in [6, 6.07) is 22.2. The van der Waals surface area contributed by atoms with Gasteiger partial charge in [0.15, 0.2) is 5.78 Å². The van der Waals surface area contributed by atoms with E-state index in [4.69, 9.17) is 9.47 Å². The van der Waals surface area contributed by atoms with Gasteiger partial charge >= 0.3 is 11.9 Å². The van der Waals surface area contributed by atoms with Crippen LogP contribution in [-0.4, -0.2) is 36.0 Å². The number of benzene rings is 3. The lowest BCUT2D eigenvalue weighted by Crippen LogP contribution is -2.15. The van der Waals surface area contributed by atoms with Gasteiger partial charge in [-0.2, -0.15) is 0 Å². The largest absolute Gasteiger partial charge is 0.507 e. The number of carbonyl (C=O) groups is 3. The minimum atomic E-state index is -0.444. The number of hydrogen-bond acceptors (Lipinski definition) is 6. The third kappa shape index (κ3) is 13.7. The number of ketones is 1. The summed E-state index contributed by atoms with van der Waals surface area (Å²) < 4.78 is 10.7. The van der Waals surface area contributed by atoms with E-state index in [0.29, 0.717) is 35.5 Å². The molecule has 232 valence electrons. The van der Waals surface area contributed by atoms with Gasteiger partial charge in [-0.15, -0.1) is 0 Å². The Hall–Kier alpha value is -3.93. The lowest BCUT2D eigenvalue weighted by molar-refractivity contribution is 0.0450. The van der Waals surface area contributed by atoms with Gasteiger partial charge in [0.2, 0.25) is 0 Å². The van der Waals surface area contributed by atoms with Gasteiger partial charge < -0.3 is 14.6 Å². The first-order chi connectivity index (χ1) is 21.0. The summed E-state index contributed by atoms with van der Waals surface area (Å²) in [5, 5.41) is 9.52. The summed E-state index contributed by atoms with van der Waals surface area (Å²) in [5.74, 6) is -1.03. The van der Waals surface area contributed by atoms with Crippen LogP contribution in [-0.2, 0) is 9.47 Å². The van der Waals surface area contributed by atoms with Crippen LogP contribution >= 0.6 is 0 Å². The topological polar surface area (TPSA) is 89.9 Å². The molecular formula is C37H48O6. The molecule has 0 unspecified atom stereocenters. The minimum Gasteiger partial charge on any atom is -0.507 e. The zero-order chi connectivity index (χ0) is 31.1. The van der Waals surface area contributed by atoms with Crippen LogP contribution in [0.15, 0.2) is 78.9 Å². The molecule has 3 aromatic carbocycles. The van der Waals surface area contributed by atoms with E-state index in [1.165, 1.54) is 57.4 Å². The van der Waals surface area contributed by atoms with Crippen molar-refractivity contribution in [3.05, 3.63) is 101 Å². The number of aromatic hydroxyl groups is 1. The highest BCUT2D eigenvalue weighted by Crippen LogP contribution is 2.19. The fourth-order valence-corrected chi connectivity index (χ4v) is 4.50. The van der Waals surface area contributed by atoms with Crippen LogP contribution in [0, 0.1) is 0 Å². The molecule has 0 amide bonds. The number of hydrogen-bond donors (Lipinski definition) is 1. The molecule has 0 aliphatic carbocycles. The molecule has 0 bridgehead atoms. The summed E-state index contributed by atoms with van der Waals surface area (Å²) in [6.45, 7) is 5.17. The molecular weight excluding hydrogens is 540 g/mol. The standard InChI is InChI=1S/C24H38O4.C13H10O2/c1-3-5-7-9-11-15-19-27-23(25)21-17-13-14-18-22(21)24(26)28-20-16-12-10-8-6-4-2;14-12-9-5-4-8-11(12)13(15)10-6-2-1-3-7-10/h13-14,17-18H,3-12,15-16,19-20H2,1-2H3;1-9,14H. The van der Waals surface area contributed by atoms with E-state index in [1.54, 1.807) is 66.7 Å². The maximum Gasteiger partial charge on any atom is 0.339 e. The molecule has 6 nitrogen and oxygen atoms in total. The predicted octanol–water partition coefficient (Wildman–Crippen LogP) is 9.34. The zero-order valence-corrected chi connectivity index (χ0v) is 25.9. The van der Waals surface area contributed by atoms with Crippen molar-refractivity contribution >= 4 is 17.7 Å². The van der Waals surface area contributed by atoms with Crippen molar-refractivity contribution < 1.29 is 29.0 Å². The van der Waals surface area contributed by atoms with Crippen LogP contribution in [0.25, 0.3) is 0 Å². The van der Waals surface area contributed by atoms with Crippen molar-refractivity contribution in [3.63, 3.8) is 0 Å². The SMILES string of the molecule is CCCCCCCCOC(=O)c1ccccc1C(=O)OCCCCCCCC.O=C(c1ccccc1)c1ccccc1O. The maximum absolute atomic E-state index is 12.4. The number of phenolic OH excluding ortho intramolecular Hbond substituents is 1. The Balaban J connectivity index is 0.000000358. The van der Waals surface area contributed by atoms with Crippen LogP contribution in [0.5, 0.6) is 5.75 Å². The van der Waals surface area contributed by atoms with Gasteiger partial charge in [-0.1, -0.05) is 133 Å². The predicted molar refractivity (Wildman–Crippen MR) is 172 cm³/mol. The van der Waals surface area contributed by atoms with E-state index in [-0.39, 0.29) is 11.5 Å². The number of phenols is 1. The highest BCUT2D eigenvalue weighted by atomic mass is 16.5. The second-order valence-corrected chi connectivity index (χ2v) is 10.6. The number of esters is 2. The molecule has 0 aromatic heterocycles. The van der Waals surface area contributed by atoms with E-state index in [0.717, 1.165) is 25.7 Å². The molecule has 0 saturated heterocycles. The van der Waals surface area contributed by atoms with Crippen LogP contribution < -0.4 is 0 Å². The smallest absolute Gasteiger partial charge is 0.339 e. The second-order valence-electron chi connectivity index (χ2n) is 10.6. The van der Waals surface area contributed by atoms with Crippen molar-refractivity contribution in [2.75, 3.05) is 13.2 Å². The molecule has 0 heterocycles. The van der Waals surface area contributed by atoms with Gasteiger partial charge in [0.25, 0.3) is 0 Å². The Kier molecular flexibility index (Phi) is 17.8. The van der Waals surface area contributed by atoms with Crippen molar-refractivity contribution in [1.29, 1.82) is 0 Å². The van der Waals surface area contributed by atoms with E-state index in [9.17, 15) is 19.5 Å². The molecule has 6 heteroatoms. The Morgan fingerprint density at radius 1 is 0.512 bits per heavy atom. The molecule has 0 atom stereocenters. The van der Waals surface area contributed by atoms with Gasteiger partial charge in [0.1, 0.15) is 5.75 Å². The summed E-state index contributed by atoms with van der Waals surface area (Å²) in [4.78, 5) is 36.6. The number of carbonyl (C=O) groups excluding carboxylic acids is 3. The van der Waals surface area contributed by atoms with E-state index < -0.39 is 11.9 Å². The molecule has 0 aliphatic heterocycles. The van der Waals surface area contributed by atoms with Crippen LogP contribution in [0.2, 0.25) is 0 Å². The Labute approximate surface area is 257 Å². The highest BCUT2D eigenvalue weighted by molar-refractivity contribution is 6.10. The molecule has 3 aromatic rings. The first kappa shape index (κ1) is 35.3. The van der Waals surface area contributed by atoms with Gasteiger partial charge in [-0.3, -0.25) is 4.79 Å². The fourth-order valence-electron chi connectivity index (χ4n) is 4.50. The van der Waals surface area contributed by atoms with Crippen LogP contribution in [0.3, 0.4) is 0 Å². The maximum atomic E-state index is 12.4. The first-order valence-corrected chi connectivity index (χ1v) is 15.8. The zero-order valence-electron chi connectivity index (χ0n) is 25.9. The van der Waals surface area contributed by atoms with Crippen molar-refractivity contribution in [2.24, 2.45) is 0 Å². The molecule has 43 heavy (non-hydrogen) atoms. The first-order valence-electron chi connectivity index (χ1n) is 15.8. The third-order valence-corrected chi connectivity index (χ3v) is 7.01. The molecule has 0 radical (unpaired) electrons. The second kappa shape index (κ2) is 21.7. The van der Waals surface area contributed by atoms with E-state index in [1.807, 2.05) is 6.07 Å². The normalized spacial score (nSPS) is 10.4. The lowest BCUT2D eigenvalue weighted by Gasteiger charge is -2.10. The fraction of sp³-hybridized carbons (Fsp3) is 0.432. The van der Waals surface area contributed by atoms with Gasteiger partial charge in [0.05, 0.1) is 29.9 Å². The Morgan fingerprint density at radius 3 is 1.37 bits per heavy atom. The van der Waals surface area contributed by atoms with Crippen LogP contribution in [0.4, 0.5) is 0 Å².